The van der Waals surface area contributed by atoms with Crippen molar-refractivity contribution in [2.75, 3.05) is 79.0 Å². The van der Waals surface area contributed by atoms with Crippen molar-refractivity contribution in [3.05, 3.63) is 0 Å². The van der Waals surface area contributed by atoms with Crippen molar-refractivity contribution in [1.29, 1.82) is 0 Å². The van der Waals surface area contributed by atoms with E-state index in [1.807, 2.05) is 14.7 Å². The molecule has 2 bridgehead atoms. The number of nitrogens with zero attached hydrogens (tertiary/aromatic N) is 4. The van der Waals surface area contributed by atoms with Gasteiger partial charge in [-0.25, -0.2) is 0 Å². The topological polar surface area (TPSA) is 132 Å². The number of aliphatic carboxylic acids is 1. The zero-order valence-corrected chi connectivity index (χ0v) is 20.5. The molecule has 0 saturated carbocycles. The number of carboxylic acid groups (broad SMARTS) is 1. The number of hydrogen-bond donors (Lipinski definition) is 2. The van der Waals surface area contributed by atoms with Crippen molar-refractivity contribution < 1.29 is 31.3 Å². The third kappa shape index (κ3) is 9.17. The van der Waals surface area contributed by atoms with E-state index < -0.39 is 42.1 Å². The molecule has 13 heteroatoms. The molecule has 0 aromatic rings. The standard InChI is InChI=1S/C18H33N5O7.Ga/c1-14(18(29)30)23-9-7-20(11-15(24)19-2)3-4-21(12-16(25)26)5-6-22(8-10-23)13-17(27)28;/h14H,3-13H2,1-2H3,(H,19,24)(H,25,26)(H,27,28)(H,29,30);/q;+2/p-2. The molecule has 31 heavy (non-hydrogen) atoms. The van der Waals surface area contributed by atoms with Crippen LogP contribution >= 0.6 is 0 Å². The Hall–Kier alpha value is -1.64. The second-order valence-corrected chi connectivity index (χ2v) is 9.02. The van der Waals surface area contributed by atoms with Gasteiger partial charge in [-0.2, -0.15) is 0 Å². The van der Waals surface area contributed by atoms with Gasteiger partial charge in [0.1, 0.15) is 0 Å². The maximum atomic E-state index is 12.5. The molecule has 2 N–H and O–H groups in total. The number of amides is 1. The summed E-state index contributed by atoms with van der Waals surface area (Å²) < 4.78 is 10.5. The second-order valence-electron chi connectivity index (χ2n) is 7.63. The normalized spacial score (nSPS) is 27.5. The number of rotatable bonds is 4. The van der Waals surface area contributed by atoms with Gasteiger partial charge in [0, 0.05) is 0 Å². The molecule has 3 heterocycles. The molecular weight excluding hydrogens is 468 g/mol. The van der Waals surface area contributed by atoms with E-state index in [2.05, 4.69) is 5.32 Å². The number of nitrogens with one attached hydrogen (secondary N) is 1. The van der Waals surface area contributed by atoms with Crippen LogP contribution in [0.15, 0.2) is 0 Å². The average molecular weight is 499 g/mol. The predicted molar refractivity (Wildman–Crippen MR) is 110 cm³/mol. The van der Waals surface area contributed by atoms with Crippen LogP contribution in [0, 0.1) is 0 Å². The molecule has 1 radical (unpaired) electrons. The third-order valence-corrected chi connectivity index (χ3v) is 6.90. The zero-order chi connectivity index (χ0) is 22.8. The first-order chi connectivity index (χ1) is 14.8. The van der Waals surface area contributed by atoms with Crippen molar-refractivity contribution in [2.24, 2.45) is 0 Å². The van der Waals surface area contributed by atoms with E-state index in [1.54, 1.807) is 18.9 Å². The summed E-state index contributed by atoms with van der Waals surface area (Å²) in [6, 6.07) is -0.577. The molecule has 3 rings (SSSR count). The molecule has 3 fully saturated rings. The van der Waals surface area contributed by atoms with Crippen LogP contribution in [0.2, 0.25) is 0 Å². The van der Waals surface area contributed by atoms with Gasteiger partial charge in [-0.05, 0) is 0 Å². The van der Waals surface area contributed by atoms with E-state index >= 15 is 0 Å². The van der Waals surface area contributed by atoms with Crippen LogP contribution in [0.5, 0.6) is 0 Å². The van der Waals surface area contributed by atoms with Gasteiger partial charge in [0.25, 0.3) is 0 Å². The van der Waals surface area contributed by atoms with Gasteiger partial charge < -0.3 is 0 Å². The van der Waals surface area contributed by atoms with Crippen molar-refractivity contribution >= 4 is 42.0 Å². The zero-order valence-electron chi connectivity index (χ0n) is 18.1. The van der Waals surface area contributed by atoms with Crippen LogP contribution in [-0.2, 0) is 26.2 Å². The first-order valence-electron chi connectivity index (χ1n) is 10.3. The first-order valence-corrected chi connectivity index (χ1v) is 12.3. The number of hydrogen-bond acceptors (Lipinski definition) is 10. The Morgan fingerprint density at radius 3 is 2.16 bits per heavy atom. The van der Waals surface area contributed by atoms with Gasteiger partial charge in [0.2, 0.25) is 0 Å². The maximum absolute atomic E-state index is 12.5. The Morgan fingerprint density at radius 2 is 1.58 bits per heavy atom. The molecule has 3 unspecified atom stereocenters. The van der Waals surface area contributed by atoms with Crippen LogP contribution in [0.1, 0.15) is 6.92 Å². The van der Waals surface area contributed by atoms with Gasteiger partial charge in [0.05, 0.1) is 0 Å². The summed E-state index contributed by atoms with van der Waals surface area (Å²) in [6.07, 6.45) is 0. The van der Waals surface area contributed by atoms with Crippen LogP contribution in [0.3, 0.4) is 0 Å². The van der Waals surface area contributed by atoms with Gasteiger partial charge >= 0.3 is 190 Å². The number of carboxylic acids is 1. The van der Waals surface area contributed by atoms with Crippen LogP contribution < -0.4 is 5.32 Å². The van der Waals surface area contributed by atoms with Crippen molar-refractivity contribution in [1.82, 2.24) is 24.9 Å². The number of carbonyl (C=O) groups excluding carboxylic acids is 3. The molecular formula is C18H31GaN5O7. The van der Waals surface area contributed by atoms with Crippen LogP contribution in [-0.4, -0.2) is 152 Å². The summed E-state index contributed by atoms with van der Waals surface area (Å²) in [4.78, 5) is 55.6. The van der Waals surface area contributed by atoms with Gasteiger partial charge in [-0.1, -0.05) is 0 Å². The van der Waals surface area contributed by atoms with E-state index in [0.29, 0.717) is 52.4 Å². The minimum atomic E-state index is -1.93. The van der Waals surface area contributed by atoms with Crippen molar-refractivity contribution in [3.63, 3.8) is 0 Å². The minimum absolute atomic E-state index is 0.0192. The summed E-state index contributed by atoms with van der Waals surface area (Å²) >= 11 is -1.93. The molecule has 3 atom stereocenters. The Kier molecular flexibility index (Phi) is 10.8. The Balaban J connectivity index is 2.29. The fourth-order valence-electron chi connectivity index (χ4n) is 3.48. The van der Waals surface area contributed by atoms with Gasteiger partial charge in [0.15, 0.2) is 0 Å². The van der Waals surface area contributed by atoms with Crippen molar-refractivity contribution in [3.8, 4) is 0 Å². The SMILES string of the molecule is CNC(=O)CN1CCN2CCN(CC(=O)O)CCN(CC1)C(C)C(=O)[O][Ga][O]C(=O)C2. The van der Waals surface area contributed by atoms with Gasteiger partial charge in [-0.15, -0.1) is 0 Å². The fraction of sp³-hybridized carbons (Fsp3) is 0.778. The molecule has 173 valence electrons. The van der Waals surface area contributed by atoms with E-state index in [1.165, 1.54) is 0 Å². The number of carbonyl (C=O) groups is 4. The van der Waals surface area contributed by atoms with E-state index in [4.69, 9.17) is 7.06 Å². The summed E-state index contributed by atoms with van der Waals surface area (Å²) in [5.41, 5.74) is 0. The van der Waals surface area contributed by atoms with Crippen LogP contribution in [0.25, 0.3) is 0 Å². The van der Waals surface area contributed by atoms with E-state index in [9.17, 15) is 24.3 Å². The molecule has 1 amide bonds. The molecule has 0 spiro atoms. The quantitative estimate of drug-likeness (QED) is 0.386. The fourth-order valence-corrected chi connectivity index (χ4v) is 4.57. The molecule has 0 aromatic carbocycles. The molecule has 3 saturated heterocycles. The summed E-state index contributed by atoms with van der Waals surface area (Å²) in [6.45, 7) is 5.82. The summed E-state index contributed by atoms with van der Waals surface area (Å²) in [5.74, 6) is -1.96. The monoisotopic (exact) mass is 498 g/mol. The van der Waals surface area contributed by atoms with Crippen LogP contribution in [0.4, 0.5) is 0 Å². The second kappa shape index (κ2) is 13.0. The first kappa shape index (κ1) is 25.6. The Labute approximate surface area is 190 Å². The third-order valence-electron chi connectivity index (χ3n) is 5.46. The van der Waals surface area contributed by atoms with Crippen molar-refractivity contribution in [2.45, 2.75) is 13.0 Å². The number of likely N-dealkylation sites (N-methyl/N-ethyl adjacent to an activating group) is 1. The Morgan fingerprint density at radius 1 is 1.00 bits per heavy atom. The molecule has 3 aliphatic heterocycles. The van der Waals surface area contributed by atoms with E-state index in [0.717, 1.165) is 0 Å². The summed E-state index contributed by atoms with van der Waals surface area (Å²) in [5, 5.41) is 11.9. The molecule has 0 aliphatic carbocycles. The van der Waals surface area contributed by atoms with Gasteiger partial charge in [-0.3, -0.25) is 0 Å². The molecule has 0 aromatic heterocycles. The molecule has 3 aliphatic rings. The average Bonchev–Trinajstić information content (AvgIpc) is 2.72. The summed E-state index contributed by atoms with van der Waals surface area (Å²) in [7, 11) is 1.58. The number of fused-ring (bicyclic) bond motifs is 14. The van der Waals surface area contributed by atoms with E-state index in [-0.39, 0.29) is 25.5 Å². The molecule has 12 nitrogen and oxygen atoms in total. The Bertz CT molecular complexity index is 653. The predicted octanol–water partition coefficient (Wildman–Crippen LogP) is -2.94.